The Kier molecular flexibility index (Phi) is 4.27. The van der Waals surface area contributed by atoms with Crippen LogP contribution in [0.4, 0.5) is 0 Å². The summed E-state index contributed by atoms with van der Waals surface area (Å²) in [5.41, 5.74) is 2.16. The fourth-order valence-electron chi connectivity index (χ4n) is 2.55. The summed E-state index contributed by atoms with van der Waals surface area (Å²) in [4.78, 5) is 11.2. The number of aryl methyl sites for hydroxylation is 2. The molecule has 0 aliphatic rings. The summed E-state index contributed by atoms with van der Waals surface area (Å²) in [6.45, 7) is 6.28. The number of hydrogen-bond acceptors (Lipinski definition) is 7. The molecule has 4 aromatic rings. The van der Waals surface area contributed by atoms with Crippen molar-refractivity contribution < 1.29 is 4.42 Å². The van der Waals surface area contributed by atoms with Gasteiger partial charge in [-0.3, -0.25) is 0 Å². The van der Waals surface area contributed by atoms with Gasteiger partial charge in [-0.1, -0.05) is 30.0 Å². The highest BCUT2D eigenvalue weighted by Crippen LogP contribution is 2.40. The van der Waals surface area contributed by atoms with Gasteiger partial charge >= 0.3 is 0 Å². The molecule has 25 heavy (non-hydrogen) atoms. The molecule has 0 unspecified atom stereocenters. The smallest absolute Gasteiger partial charge is 0.247 e. The molecule has 0 amide bonds. The summed E-state index contributed by atoms with van der Waals surface area (Å²) in [5, 5.41) is 10.5. The van der Waals surface area contributed by atoms with Gasteiger partial charge < -0.3 is 4.42 Å². The van der Waals surface area contributed by atoms with E-state index >= 15 is 0 Å². The maximum Gasteiger partial charge on any atom is 0.247 e. The zero-order valence-electron chi connectivity index (χ0n) is 14.1. The Balaban J connectivity index is 1.63. The molecule has 0 saturated heterocycles. The predicted molar refractivity (Wildman–Crippen MR) is 101 cm³/mol. The molecule has 7 heteroatoms. The monoisotopic (exact) mass is 368 g/mol. The first-order valence-corrected chi connectivity index (χ1v) is 9.59. The molecule has 1 atom stereocenters. The van der Waals surface area contributed by atoms with E-state index in [9.17, 15) is 0 Å². The van der Waals surface area contributed by atoms with Crippen molar-refractivity contribution >= 4 is 33.3 Å². The van der Waals surface area contributed by atoms with E-state index in [-0.39, 0.29) is 5.25 Å². The molecule has 0 N–H and O–H groups in total. The van der Waals surface area contributed by atoms with Crippen molar-refractivity contribution in [2.45, 2.75) is 31.0 Å². The van der Waals surface area contributed by atoms with E-state index in [0.717, 1.165) is 20.8 Å². The zero-order valence-corrected chi connectivity index (χ0v) is 15.7. The van der Waals surface area contributed by atoms with Crippen LogP contribution in [0.5, 0.6) is 0 Å². The van der Waals surface area contributed by atoms with Crippen LogP contribution < -0.4 is 0 Å². The number of hydrogen-bond donors (Lipinski definition) is 0. The van der Waals surface area contributed by atoms with Gasteiger partial charge in [0.05, 0.1) is 5.25 Å². The van der Waals surface area contributed by atoms with Gasteiger partial charge in [0.1, 0.15) is 16.2 Å². The molecule has 0 saturated carbocycles. The summed E-state index contributed by atoms with van der Waals surface area (Å²) in [6, 6.07) is 9.79. The standard InChI is InChI=1S/C18H16N4OS2/c1-10-11(2)24-17-14(10)18(20-9-19-17)25-12(3)15-21-22-16(23-15)13-7-5-4-6-8-13/h4-9,12H,1-3H3/t12-/m1/s1. The normalized spacial score (nSPS) is 12.6. The highest BCUT2D eigenvalue weighted by molar-refractivity contribution is 7.99. The minimum absolute atomic E-state index is 0.00247. The van der Waals surface area contributed by atoms with Crippen molar-refractivity contribution in [1.82, 2.24) is 20.2 Å². The summed E-state index contributed by atoms with van der Waals surface area (Å²) in [5.74, 6) is 1.14. The van der Waals surface area contributed by atoms with Crippen LogP contribution in [0, 0.1) is 13.8 Å². The van der Waals surface area contributed by atoms with Gasteiger partial charge in [0.25, 0.3) is 0 Å². The lowest BCUT2D eigenvalue weighted by Crippen LogP contribution is -1.92. The highest BCUT2D eigenvalue weighted by Gasteiger charge is 2.20. The van der Waals surface area contributed by atoms with Gasteiger partial charge in [0.2, 0.25) is 11.8 Å². The Labute approximate surface area is 153 Å². The highest BCUT2D eigenvalue weighted by atomic mass is 32.2. The lowest BCUT2D eigenvalue weighted by molar-refractivity contribution is 0.509. The van der Waals surface area contributed by atoms with Crippen LogP contribution in [0.3, 0.4) is 0 Å². The van der Waals surface area contributed by atoms with Crippen molar-refractivity contribution in [3.8, 4) is 11.5 Å². The van der Waals surface area contributed by atoms with E-state index in [1.807, 2.05) is 30.3 Å². The van der Waals surface area contributed by atoms with Gasteiger partial charge in [0.15, 0.2) is 0 Å². The fraction of sp³-hybridized carbons (Fsp3) is 0.222. The molecule has 0 spiro atoms. The van der Waals surface area contributed by atoms with E-state index in [4.69, 9.17) is 4.42 Å². The number of nitrogens with zero attached hydrogens (tertiary/aromatic N) is 4. The van der Waals surface area contributed by atoms with Gasteiger partial charge in [-0.05, 0) is 38.5 Å². The molecular weight excluding hydrogens is 352 g/mol. The predicted octanol–water partition coefficient (Wildman–Crippen LogP) is 5.21. The first kappa shape index (κ1) is 16.2. The van der Waals surface area contributed by atoms with E-state index in [1.165, 1.54) is 10.4 Å². The second-order valence-corrected chi connectivity index (χ2v) is 8.25. The minimum atomic E-state index is 0.00247. The summed E-state index contributed by atoms with van der Waals surface area (Å²) >= 11 is 3.32. The molecule has 3 heterocycles. The summed E-state index contributed by atoms with van der Waals surface area (Å²) in [6.07, 6.45) is 1.62. The molecule has 4 rings (SSSR count). The van der Waals surface area contributed by atoms with Crippen molar-refractivity contribution in [1.29, 1.82) is 0 Å². The van der Waals surface area contributed by atoms with Gasteiger partial charge in [-0.15, -0.1) is 21.5 Å². The maximum absolute atomic E-state index is 5.87. The van der Waals surface area contributed by atoms with E-state index in [2.05, 4.69) is 40.9 Å². The lowest BCUT2D eigenvalue weighted by atomic mass is 10.2. The third kappa shape index (κ3) is 3.05. The van der Waals surface area contributed by atoms with Crippen molar-refractivity contribution in [3.05, 3.63) is 53.0 Å². The van der Waals surface area contributed by atoms with Crippen LogP contribution in [-0.4, -0.2) is 20.2 Å². The number of rotatable bonds is 4. The second-order valence-electron chi connectivity index (χ2n) is 5.71. The van der Waals surface area contributed by atoms with Gasteiger partial charge in [-0.25, -0.2) is 9.97 Å². The van der Waals surface area contributed by atoms with Crippen LogP contribution in [0.15, 0.2) is 46.1 Å². The van der Waals surface area contributed by atoms with Crippen LogP contribution in [0.25, 0.3) is 21.7 Å². The molecular formula is C18H16N4OS2. The first-order valence-electron chi connectivity index (χ1n) is 7.89. The molecule has 5 nitrogen and oxygen atoms in total. The zero-order chi connectivity index (χ0) is 17.4. The number of thioether (sulfide) groups is 1. The number of fused-ring (bicyclic) bond motifs is 1. The summed E-state index contributed by atoms with van der Waals surface area (Å²) in [7, 11) is 0. The van der Waals surface area contributed by atoms with Gasteiger partial charge in [0, 0.05) is 15.8 Å². The largest absolute Gasteiger partial charge is 0.419 e. The van der Waals surface area contributed by atoms with Crippen LogP contribution >= 0.6 is 23.1 Å². The molecule has 0 aliphatic heterocycles. The van der Waals surface area contributed by atoms with Gasteiger partial charge in [-0.2, -0.15) is 0 Å². The molecule has 0 radical (unpaired) electrons. The fourth-order valence-corrected chi connectivity index (χ4v) is 4.62. The Morgan fingerprint density at radius 1 is 1.08 bits per heavy atom. The molecule has 126 valence electrons. The van der Waals surface area contributed by atoms with Crippen molar-refractivity contribution in [3.63, 3.8) is 0 Å². The van der Waals surface area contributed by atoms with E-state index in [0.29, 0.717) is 11.8 Å². The average Bonchev–Trinajstić information content (AvgIpc) is 3.22. The Bertz CT molecular complexity index is 1030. The van der Waals surface area contributed by atoms with Crippen molar-refractivity contribution in [2.24, 2.45) is 0 Å². The maximum atomic E-state index is 5.87. The number of aromatic nitrogens is 4. The quantitative estimate of drug-likeness (QED) is 0.364. The van der Waals surface area contributed by atoms with E-state index < -0.39 is 0 Å². The molecule has 0 aliphatic carbocycles. The number of thiophene rings is 1. The number of benzene rings is 1. The molecule has 0 bridgehead atoms. The van der Waals surface area contributed by atoms with Crippen LogP contribution in [0.1, 0.15) is 28.5 Å². The molecule has 0 fully saturated rings. The first-order chi connectivity index (χ1) is 12.1. The Morgan fingerprint density at radius 3 is 2.68 bits per heavy atom. The van der Waals surface area contributed by atoms with Crippen LogP contribution in [-0.2, 0) is 0 Å². The Hall–Kier alpha value is -2.25. The van der Waals surface area contributed by atoms with Crippen LogP contribution in [0.2, 0.25) is 0 Å². The molecule has 3 aromatic heterocycles. The molecule has 1 aromatic carbocycles. The minimum Gasteiger partial charge on any atom is -0.419 e. The Morgan fingerprint density at radius 2 is 1.88 bits per heavy atom. The lowest BCUT2D eigenvalue weighted by Gasteiger charge is -2.07. The summed E-state index contributed by atoms with van der Waals surface area (Å²) < 4.78 is 5.87. The third-order valence-corrected chi connectivity index (χ3v) is 6.23. The second kappa shape index (κ2) is 6.57. The average molecular weight is 368 g/mol. The topological polar surface area (TPSA) is 64.7 Å². The third-order valence-electron chi connectivity index (χ3n) is 4.03. The van der Waals surface area contributed by atoms with Crippen molar-refractivity contribution in [2.75, 3.05) is 0 Å². The van der Waals surface area contributed by atoms with E-state index in [1.54, 1.807) is 29.4 Å². The SMILES string of the molecule is Cc1sc2ncnc(S[C@H](C)c3nnc(-c4ccccc4)o3)c2c1C.